The molecule has 0 amide bonds. The second-order valence-electron chi connectivity index (χ2n) is 3.63. The Balaban J connectivity index is 3.91. The lowest BCUT2D eigenvalue weighted by Crippen LogP contribution is -2.36. The standard InChI is InChI=1S/C11H22N2/c1-5-7-13(8-6-2)9-10(3)11(4)12/h5-6,10-11H,1-2,7-9,12H2,3-4H3. The van der Waals surface area contributed by atoms with E-state index in [4.69, 9.17) is 5.73 Å². The molecule has 0 aromatic rings. The Labute approximate surface area is 82.1 Å². The minimum atomic E-state index is 0.247. The summed E-state index contributed by atoms with van der Waals surface area (Å²) in [7, 11) is 0. The van der Waals surface area contributed by atoms with Gasteiger partial charge in [0.1, 0.15) is 0 Å². The highest BCUT2D eigenvalue weighted by molar-refractivity contribution is 4.81. The molecule has 0 aromatic carbocycles. The Bertz CT molecular complexity index is 142. The molecule has 0 rings (SSSR count). The van der Waals surface area contributed by atoms with E-state index in [-0.39, 0.29) is 6.04 Å². The van der Waals surface area contributed by atoms with Gasteiger partial charge in [-0.15, -0.1) is 13.2 Å². The third-order valence-electron chi connectivity index (χ3n) is 2.22. The molecule has 0 aliphatic carbocycles. The average Bonchev–Trinajstić information content (AvgIpc) is 2.05. The van der Waals surface area contributed by atoms with E-state index in [0.29, 0.717) is 5.92 Å². The van der Waals surface area contributed by atoms with Gasteiger partial charge < -0.3 is 5.73 Å². The van der Waals surface area contributed by atoms with Crippen LogP contribution in [0.4, 0.5) is 0 Å². The zero-order valence-electron chi connectivity index (χ0n) is 8.87. The zero-order valence-corrected chi connectivity index (χ0v) is 8.87. The van der Waals surface area contributed by atoms with E-state index in [0.717, 1.165) is 19.6 Å². The molecule has 0 aliphatic heterocycles. The third kappa shape index (κ3) is 5.61. The van der Waals surface area contributed by atoms with Crippen LogP contribution >= 0.6 is 0 Å². The molecule has 2 nitrogen and oxygen atoms in total. The maximum atomic E-state index is 5.80. The van der Waals surface area contributed by atoms with Crippen molar-refractivity contribution in [2.45, 2.75) is 19.9 Å². The van der Waals surface area contributed by atoms with Crippen LogP contribution in [0.15, 0.2) is 25.3 Å². The maximum Gasteiger partial charge on any atom is 0.0164 e. The molecule has 0 spiro atoms. The Morgan fingerprint density at radius 1 is 1.23 bits per heavy atom. The van der Waals surface area contributed by atoms with Gasteiger partial charge in [0.25, 0.3) is 0 Å². The Morgan fingerprint density at radius 2 is 1.69 bits per heavy atom. The summed E-state index contributed by atoms with van der Waals surface area (Å²) in [5, 5.41) is 0. The fraction of sp³-hybridized carbons (Fsp3) is 0.636. The lowest BCUT2D eigenvalue weighted by atomic mass is 10.0. The highest BCUT2D eigenvalue weighted by Gasteiger charge is 2.11. The first-order valence-corrected chi connectivity index (χ1v) is 4.81. The van der Waals surface area contributed by atoms with Crippen molar-refractivity contribution in [2.75, 3.05) is 19.6 Å². The fourth-order valence-electron chi connectivity index (χ4n) is 1.16. The molecular formula is C11H22N2. The predicted molar refractivity (Wildman–Crippen MR) is 59.6 cm³/mol. The summed E-state index contributed by atoms with van der Waals surface area (Å²) >= 11 is 0. The van der Waals surface area contributed by atoms with Gasteiger partial charge in [-0.3, -0.25) is 4.90 Å². The van der Waals surface area contributed by atoms with Gasteiger partial charge in [0, 0.05) is 25.7 Å². The van der Waals surface area contributed by atoms with Gasteiger partial charge in [-0.1, -0.05) is 19.1 Å². The van der Waals surface area contributed by atoms with Crippen molar-refractivity contribution in [3.05, 3.63) is 25.3 Å². The highest BCUT2D eigenvalue weighted by Crippen LogP contribution is 2.03. The van der Waals surface area contributed by atoms with Gasteiger partial charge in [0.15, 0.2) is 0 Å². The van der Waals surface area contributed by atoms with Gasteiger partial charge in [-0.05, 0) is 12.8 Å². The molecule has 13 heavy (non-hydrogen) atoms. The zero-order chi connectivity index (χ0) is 10.3. The average molecular weight is 182 g/mol. The summed E-state index contributed by atoms with van der Waals surface area (Å²) in [6.07, 6.45) is 3.83. The molecule has 0 saturated carbocycles. The van der Waals surface area contributed by atoms with Gasteiger partial charge in [0.2, 0.25) is 0 Å². The number of nitrogens with two attached hydrogens (primary N) is 1. The molecule has 0 bridgehead atoms. The molecule has 2 atom stereocenters. The van der Waals surface area contributed by atoms with Gasteiger partial charge >= 0.3 is 0 Å². The van der Waals surface area contributed by atoms with Crippen molar-refractivity contribution < 1.29 is 0 Å². The summed E-state index contributed by atoms with van der Waals surface area (Å²) in [5.74, 6) is 0.514. The lowest BCUT2D eigenvalue weighted by molar-refractivity contribution is 0.268. The van der Waals surface area contributed by atoms with Crippen molar-refractivity contribution in [1.29, 1.82) is 0 Å². The molecule has 2 N–H and O–H groups in total. The number of nitrogens with zero attached hydrogens (tertiary/aromatic N) is 1. The second kappa shape index (κ2) is 6.87. The van der Waals surface area contributed by atoms with Crippen LogP contribution < -0.4 is 5.73 Å². The van der Waals surface area contributed by atoms with Crippen LogP contribution in [0.3, 0.4) is 0 Å². The van der Waals surface area contributed by atoms with Crippen molar-refractivity contribution in [3.8, 4) is 0 Å². The number of rotatable bonds is 7. The largest absolute Gasteiger partial charge is 0.328 e. The number of hydrogen-bond acceptors (Lipinski definition) is 2. The molecular weight excluding hydrogens is 160 g/mol. The van der Waals surface area contributed by atoms with Crippen LogP contribution in [0.5, 0.6) is 0 Å². The van der Waals surface area contributed by atoms with E-state index in [9.17, 15) is 0 Å². The summed E-state index contributed by atoms with van der Waals surface area (Å²) in [5.41, 5.74) is 5.80. The van der Waals surface area contributed by atoms with Gasteiger partial charge in [-0.2, -0.15) is 0 Å². The van der Waals surface area contributed by atoms with Crippen molar-refractivity contribution in [1.82, 2.24) is 4.90 Å². The Morgan fingerprint density at radius 3 is 2.00 bits per heavy atom. The van der Waals surface area contributed by atoms with Gasteiger partial charge in [-0.25, -0.2) is 0 Å². The van der Waals surface area contributed by atoms with Crippen LogP contribution in [-0.4, -0.2) is 30.6 Å². The SMILES string of the molecule is C=CCN(CC=C)CC(C)C(C)N. The van der Waals surface area contributed by atoms with Crippen LogP contribution in [0.2, 0.25) is 0 Å². The number of hydrogen-bond donors (Lipinski definition) is 1. The van der Waals surface area contributed by atoms with E-state index < -0.39 is 0 Å². The molecule has 2 heteroatoms. The summed E-state index contributed by atoms with van der Waals surface area (Å²) < 4.78 is 0. The molecule has 0 saturated heterocycles. The topological polar surface area (TPSA) is 29.3 Å². The van der Waals surface area contributed by atoms with E-state index in [2.05, 4.69) is 25.0 Å². The smallest absolute Gasteiger partial charge is 0.0164 e. The Hall–Kier alpha value is -0.600. The maximum absolute atomic E-state index is 5.80. The lowest BCUT2D eigenvalue weighted by Gasteiger charge is -2.25. The van der Waals surface area contributed by atoms with E-state index in [1.54, 1.807) is 0 Å². The molecule has 0 heterocycles. The first kappa shape index (κ1) is 12.4. The van der Waals surface area contributed by atoms with E-state index in [1.165, 1.54) is 0 Å². The minimum Gasteiger partial charge on any atom is -0.328 e. The molecule has 0 aromatic heterocycles. The van der Waals surface area contributed by atoms with Crippen LogP contribution in [0.1, 0.15) is 13.8 Å². The first-order valence-electron chi connectivity index (χ1n) is 4.81. The second-order valence-corrected chi connectivity index (χ2v) is 3.63. The third-order valence-corrected chi connectivity index (χ3v) is 2.22. The molecule has 76 valence electrons. The van der Waals surface area contributed by atoms with E-state index in [1.807, 2.05) is 19.1 Å². The highest BCUT2D eigenvalue weighted by atomic mass is 15.1. The van der Waals surface area contributed by atoms with Gasteiger partial charge in [0.05, 0.1) is 0 Å². The minimum absolute atomic E-state index is 0.247. The van der Waals surface area contributed by atoms with Crippen LogP contribution in [0, 0.1) is 5.92 Å². The van der Waals surface area contributed by atoms with Crippen molar-refractivity contribution in [2.24, 2.45) is 11.7 Å². The molecule has 2 unspecified atom stereocenters. The van der Waals surface area contributed by atoms with E-state index >= 15 is 0 Å². The first-order chi connectivity index (χ1) is 6.11. The van der Waals surface area contributed by atoms with Crippen LogP contribution in [0.25, 0.3) is 0 Å². The molecule has 0 fully saturated rings. The molecule has 0 aliphatic rings. The summed E-state index contributed by atoms with van der Waals surface area (Å²) in [6.45, 7) is 14.5. The van der Waals surface area contributed by atoms with Crippen molar-refractivity contribution in [3.63, 3.8) is 0 Å². The molecule has 0 radical (unpaired) electrons. The predicted octanol–water partition coefficient (Wildman–Crippen LogP) is 1.64. The fourth-order valence-corrected chi connectivity index (χ4v) is 1.16. The Kier molecular flexibility index (Phi) is 6.55. The van der Waals surface area contributed by atoms with Crippen molar-refractivity contribution >= 4 is 0 Å². The van der Waals surface area contributed by atoms with Crippen LogP contribution in [-0.2, 0) is 0 Å². The summed E-state index contributed by atoms with van der Waals surface area (Å²) in [4.78, 5) is 2.29. The quantitative estimate of drug-likeness (QED) is 0.607. The monoisotopic (exact) mass is 182 g/mol. The summed E-state index contributed by atoms with van der Waals surface area (Å²) in [6, 6.07) is 0.247. The normalized spacial score (nSPS) is 15.4.